The molecule has 1 aliphatic rings. The number of benzene rings is 1. The molecule has 0 radical (unpaired) electrons. The number of nitrogens with zero attached hydrogens (tertiary/aromatic N) is 3. The number of hydrogen-bond donors (Lipinski definition) is 2. The number of aliphatic carboxylic acids is 1. The topological polar surface area (TPSA) is 153 Å². The van der Waals surface area contributed by atoms with E-state index in [0.29, 0.717) is 36.5 Å². The van der Waals surface area contributed by atoms with E-state index in [1.165, 1.54) is 0 Å². The molecule has 3 N–H and O–H groups in total. The van der Waals surface area contributed by atoms with Crippen LogP contribution in [0.1, 0.15) is 45.1 Å². The van der Waals surface area contributed by atoms with Crippen molar-refractivity contribution >= 4 is 17.7 Å². The summed E-state index contributed by atoms with van der Waals surface area (Å²) >= 11 is 0. The molecule has 0 spiro atoms. The lowest BCUT2D eigenvalue weighted by molar-refractivity contribution is -0.137. The molecule has 0 amide bonds. The van der Waals surface area contributed by atoms with Gasteiger partial charge in [-0.15, -0.1) is 0 Å². The van der Waals surface area contributed by atoms with Crippen molar-refractivity contribution in [2.45, 2.75) is 45.1 Å². The van der Waals surface area contributed by atoms with Crippen molar-refractivity contribution in [1.29, 1.82) is 15.8 Å². The number of rotatable bonds is 9. The summed E-state index contributed by atoms with van der Waals surface area (Å²) in [5.41, 5.74) is 6.81. The van der Waals surface area contributed by atoms with E-state index in [1.807, 2.05) is 6.07 Å². The molecule has 1 heterocycles. The van der Waals surface area contributed by atoms with Gasteiger partial charge < -0.3 is 20.3 Å². The van der Waals surface area contributed by atoms with Crippen molar-refractivity contribution < 1.29 is 19.4 Å². The second-order valence-electron chi connectivity index (χ2n) is 7.62. The van der Waals surface area contributed by atoms with Crippen molar-refractivity contribution in [3.63, 3.8) is 0 Å². The van der Waals surface area contributed by atoms with Crippen LogP contribution in [0.4, 0.5) is 5.69 Å². The lowest BCUT2D eigenvalue weighted by Crippen LogP contribution is -2.20. The average molecular weight is 432 g/mol. The molecule has 0 aromatic heterocycles. The fourth-order valence-corrected chi connectivity index (χ4v) is 3.18. The Labute approximate surface area is 187 Å². The summed E-state index contributed by atoms with van der Waals surface area (Å²) in [7, 11) is 0. The minimum absolute atomic E-state index is 0.00798. The Morgan fingerprint density at radius 3 is 2.53 bits per heavy atom. The highest BCUT2D eigenvalue weighted by Crippen LogP contribution is 2.40. The summed E-state index contributed by atoms with van der Waals surface area (Å²) in [5, 5.41) is 36.6. The van der Waals surface area contributed by atoms with E-state index in [9.17, 15) is 10.1 Å². The number of unbranched alkanes of at least 4 members (excludes halogenated alkanes) is 2. The van der Waals surface area contributed by atoms with E-state index < -0.39 is 11.6 Å². The molecule has 8 heteroatoms. The first-order valence-electron chi connectivity index (χ1n) is 10.0. The number of carboxylic acid groups (broad SMARTS) is 1. The smallest absolute Gasteiger partial charge is 0.303 e. The third-order valence-electron chi connectivity index (χ3n) is 4.84. The highest BCUT2D eigenvalue weighted by atomic mass is 16.5. The molecule has 0 atom stereocenters. The van der Waals surface area contributed by atoms with Gasteiger partial charge in [-0.1, -0.05) is 18.2 Å². The summed E-state index contributed by atoms with van der Waals surface area (Å²) in [6, 6.07) is 10.9. The minimum atomic E-state index is -0.890. The first-order chi connectivity index (χ1) is 15.2. The Morgan fingerprint density at radius 1 is 1.19 bits per heavy atom. The first-order valence-corrected chi connectivity index (χ1v) is 10.0. The normalized spacial score (nSPS) is 14.4. The Kier molecular flexibility index (Phi) is 8.04. The zero-order valence-corrected chi connectivity index (χ0v) is 18.0. The molecule has 164 valence electrons. The lowest BCUT2D eigenvalue weighted by Gasteiger charge is -2.20. The van der Waals surface area contributed by atoms with Gasteiger partial charge in [0.2, 0.25) is 0 Å². The van der Waals surface area contributed by atoms with Crippen LogP contribution in [0.3, 0.4) is 0 Å². The van der Waals surface area contributed by atoms with Crippen LogP contribution in [0.25, 0.3) is 6.08 Å². The maximum absolute atomic E-state index is 10.5. The Morgan fingerprint density at radius 2 is 1.91 bits per heavy atom. The second kappa shape index (κ2) is 10.7. The molecule has 8 nitrogen and oxygen atoms in total. The molecular formula is C24H24N4O4. The van der Waals surface area contributed by atoms with E-state index in [2.05, 4.69) is 0 Å². The van der Waals surface area contributed by atoms with Gasteiger partial charge in [-0.2, -0.15) is 15.8 Å². The average Bonchev–Trinajstić information content (AvgIpc) is 3.00. The molecule has 0 fully saturated rings. The second-order valence-corrected chi connectivity index (χ2v) is 7.62. The first kappa shape index (κ1) is 24.1. The summed E-state index contributed by atoms with van der Waals surface area (Å²) in [6.45, 7) is 3.93. The zero-order chi connectivity index (χ0) is 23.7. The van der Waals surface area contributed by atoms with Crippen molar-refractivity contribution in [3.8, 4) is 24.0 Å². The molecule has 0 saturated heterocycles. The predicted molar refractivity (Wildman–Crippen MR) is 118 cm³/mol. The largest absolute Gasteiger partial charge is 0.491 e. The van der Waals surface area contributed by atoms with Crippen LogP contribution in [0.5, 0.6) is 5.75 Å². The Bertz CT molecular complexity index is 1090. The number of ether oxygens (including phenoxy) is 2. The maximum atomic E-state index is 10.5. The van der Waals surface area contributed by atoms with Crippen LogP contribution >= 0.6 is 0 Å². The molecule has 1 aromatic carbocycles. The fraction of sp³-hybridized carbons (Fsp3) is 0.333. The molecule has 0 unspecified atom stereocenters. The molecule has 1 aromatic rings. The Balaban J connectivity index is 2.20. The third kappa shape index (κ3) is 5.90. The molecule has 0 saturated carbocycles. The molecule has 0 aliphatic carbocycles. The van der Waals surface area contributed by atoms with Crippen LogP contribution in [-0.2, 0) is 9.53 Å². The van der Waals surface area contributed by atoms with E-state index in [0.717, 1.165) is 12.0 Å². The molecule has 0 bridgehead atoms. The van der Waals surface area contributed by atoms with Gasteiger partial charge in [0.05, 0.1) is 12.3 Å². The summed E-state index contributed by atoms with van der Waals surface area (Å²) in [5.74, 6) is -0.302. The highest BCUT2D eigenvalue weighted by molar-refractivity contribution is 5.67. The highest BCUT2D eigenvalue weighted by Gasteiger charge is 2.38. The number of nitriles is 3. The number of carbonyl (C=O) groups is 1. The van der Waals surface area contributed by atoms with Crippen molar-refractivity contribution in [1.82, 2.24) is 0 Å². The number of carboxylic acids is 1. The molecular weight excluding hydrogens is 408 g/mol. The number of anilines is 1. The fourth-order valence-electron chi connectivity index (χ4n) is 3.18. The molecule has 32 heavy (non-hydrogen) atoms. The number of nitrogen functional groups attached to an aromatic ring is 1. The minimum Gasteiger partial charge on any atom is -0.491 e. The Hall–Kier alpha value is -4.22. The van der Waals surface area contributed by atoms with Crippen LogP contribution in [0, 0.1) is 34.0 Å². The molecule has 2 rings (SSSR count). The van der Waals surface area contributed by atoms with Gasteiger partial charge in [0.25, 0.3) is 0 Å². The number of allylic oxidation sites excluding steroid dienone is 2. The number of hydrogen-bond acceptors (Lipinski definition) is 7. The van der Waals surface area contributed by atoms with Gasteiger partial charge in [-0.25, -0.2) is 0 Å². The van der Waals surface area contributed by atoms with Crippen molar-refractivity contribution in [2.75, 3.05) is 12.3 Å². The van der Waals surface area contributed by atoms with Crippen LogP contribution in [-0.4, -0.2) is 23.3 Å². The van der Waals surface area contributed by atoms with E-state index >= 15 is 0 Å². The third-order valence-corrected chi connectivity index (χ3v) is 4.84. The van der Waals surface area contributed by atoms with Gasteiger partial charge in [0, 0.05) is 12.0 Å². The quantitative estimate of drug-likeness (QED) is 0.334. The standard InChI is InChI=1S/C24H24N4O4/c1-24(2)19(18(15-27)23(32-24)17(13-25)14-26)9-7-16-8-10-20(28)21(12-16)31-11-5-3-4-6-22(29)30/h7-10,12H,3-6,11,28H2,1-2H3,(H,29,30)/b9-7+. The van der Waals surface area contributed by atoms with Gasteiger partial charge in [-0.05, 0) is 50.8 Å². The van der Waals surface area contributed by atoms with Gasteiger partial charge >= 0.3 is 5.97 Å². The van der Waals surface area contributed by atoms with Crippen molar-refractivity contribution in [3.05, 3.63) is 52.3 Å². The van der Waals surface area contributed by atoms with E-state index in [1.54, 1.807) is 56.3 Å². The maximum Gasteiger partial charge on any atom is 0.303 e. The summed E-state index contributed by atoms with van der Waals surface area (Å²) < 4.78 is 11.5. The van der Waals surface area contributed by atoms with E-state index in [-0.39, 0.29) is 23.3 Å². The SMILES string of the molecule is CC1(C)OC(=C(C#N)C#N)C(C#N)=C1/C=C/c1ccc(N)c(OCCCCCC(=O)O)c1. The zero-order valence-electron chi connectivity index (χ0n) is 18.0. The van der Waals surface area contributed by atoms with Gasteiger partial charge in [0.15, 0.2) is 11.3 Å². The van der Waals surface area contributed by atoms with Crippen LogP contribution in [0.15, 0.2) is 46.8 Å². The number of nitrogens with two attached hydrogens (primary N) is 1. The predicted octanol–water partition coefficient (Wildman–Crippen LogP) is 4.24. The van der Waals surface area contributed by atoms with Crippen LogP contribution < -0.4 is 10.5 Å². The summed E-state index contributed by atoms with van der Waals surface area (Å²) in [4.78, 5) is 10.5. The lowest BCUT2D eigenvalue weighted by atomic mass is 9.94. The van der Waals surface area contributed by atoms with Crippen LogP contribution in [0.2, 0.25) is 0 Å². The molecule has 1 aliphatic heterocycles. The summed E-state index contributed by atoms with van der Waals surface area (Å²) in [6.07, 6.45) is 5.70. The van der Waals surface area contributed by atoms with Gasteiger partial charge in [0.1, 0.15) is 35.1 Å². The van der Waals surface area contributed by atoms with Gasteiger partial charge in [-0.3, -0.25) is 4.79 Å². The van der Waals surface area contributed by atoms with Crippen molar-refractivity contribution in [2.24, 2.45) is 0 Å². The van der Waals surface area contributed by atoms with E-state index in [4.69, 9.17) is 30.8 Å². The monoisotopic (exact) mass is 432 g/mol.